The number of tetrazole rings is 1. The minimum atomic E-state index is -0.156. The summed E-state index contributed by atoms with van der Waals surface area (Å²) in [5, 5.41) is 13.5. The van der Waals surface area contributed by atoms with E-state index in [0.29, 0.717) is 0 Å². The zero-order chi connectivity index (χ0) is 14.5. The summed E-state index contributed by atoms with van der Waals surface area (Å²) in [6, 6.07) is 5.55. The van der Waals surface area contributed by atoms with E-state index in [4.69, 9.17) is 4.74 Å². The molecule has 0 aliphatic heterocycles. The highest BCUT2D eigenvalue weighted by atomic mass is 79.9. The number of rotatable bonds is 5. The molecule has 0 unspecified atom stereocenters. The van der Waals surface area contributed by atoms with Crippen molar-refractivity contribution in [2.45, 2.75) is 19.5 Å². The third-order valence-corrected chi connectivity index (χ3v) is 3.37. The van der Waals surface area contributed by atoms with Gasteiger partial charge in [0.25, 0.3) is 0 Å². The first kappa shape index (κ1) is 14.4. The molecule has 7 nitrogen and oxygen atoms in total. The predicted molar refractivity (Wildman–Crippen MR) is 75.1 cm³/mol. The lowest BCUT2D eigenvalue weighted by atomic mass is 10.1. The second kappa shape index (κ2) is 6.47. The minimum absolute atomic E-state index is 0.0919. The van der Waals surface area contributed by atoms with E-state index in [2.05, 4.69) is 36.8 Å². The first-order chi connectivity index (χ1) is 9.60. The highest BCUT2D eigenvalue weighted by molar-refractivity contribution is 9.10. The number of carbonyl (C=O) groups is 1. The Morgan fingerprint density at radius 3 is 2.95 bits per heavy atom. The summed E-state index contributed by atoms with van der Waals surface area (Å²) in [5.41, 5.74) is 0.975. The fourth-order valence-corrected chi connectivity index (χ4v) is 2.28. The van der Waals surface area contributed by atoms with Crippen molar-refractivity contribution >= 4 is 21.8 Å². The highest BCUT2D eigenvalue weighted by Gasteiger charge is 2.12. The highest BCUT2D eigenvalue weighted by Crippen LogP contribution is 2.27. The number of halogens is 1. The minimum Gasteiger partial charge on any atom is -0.496 e. The van der Waals surface area contributed by atoms with E-state index in [1.807, 2.05) is 25.1 Å². The van der Waals surface area contributed by atoms with Crippen LogP contribution in [0.25, 0.3) is 0 Å². The molecule has 0 aliphatic rings. The molecule has 2 rings (SSSR count). The van der Waals surface area contributed by atoms with E-state index in [1.54, 1.807) is 7.11 Å². The monoisotopic (exact) mass is 339 g/mol. The van der Waals surface area contributed by atoms with Crippen molar-refractivity contribution in [3.8, 4) is 5.75 Å². The van der Waals surface area contributed by atoms with Crippen LogP contribution >= 0.6 is 15.9 Å². The van der Waals surface area contributed by atoms with Gasteiger partial charge in [-0.25, -0.2) is 4.68 Å². The zero-order valence-electron chi connectivity index (χ0n) is 11.1. The molecule has 20 heavy (non-hydrogen) atoms. The largest absolute Gasteiger partial charge is 0.496 e. The van der Waals surface area contributed by atoms with Gasteiger partial charge >= 0.3 is 0 Å². The third-order valence-electron chi connectivity index (χ3n) is 2.75. The van der Waals surface area contributed by atoms with E-state index in [1.165, 1.54) is 11.0 Å². The van der Waals surface area contributed by atoms with Crippen molar-refractivity contribution in [3.05, 3.63) is 34.6 Å². The molecule has 0 aliphatic carbocycles. The molecule has 1 atom stereocenters. The summed E-state index contributed by atoms with van der Waals surface area (Å²) in [5.74, 6) is 0.595. The second-order valence-electron chi connectivity index (χ2n) is 4.19. The van der Waals surface area contributed by atoms with Gasteiger partial charge in [0.1, 0.15) is 18.6 Å². The van der Waals surface area contributed by atoms with E-state index in [9.17, 15) is 4.79 Å². The summed E-state index contributed by atoms with van der Waals surface area (Å²) < 4.78 is 7.38. The molecule has 2 aromatic rings. The van der Waals surface area contributed by atoms with Crippen molar-refractivity contribution in [2.75, 3.05) is 7.11 Å². The van der Waals surface area contributed by atoms with Gasteiger partial charge in [-0.1, -0.05) is 6.07 Å². The smallest absolute Gasteiger partial charge is 0.242 e. The first-order valence-corrected chi connectivity index (χ1v) is 6.73. The third kappa shape index (κ3) is 3.53. The van der Waals surface area contributed by atoms with Crippen LogP contribution in [-0.2, 0) is 11.3 Å². The molecule has 1 N–H and O–H groups in total. The van der Waals surface area contributed by atoms with E-state index in [0.717, 1.165) is 15.8 Å². The molecule has 1 aromatic heterocycles. The van der Waals surface area contributed by atoms with Gasteiger partial charge in [-0.05, 0) is 51.0 Å². The summed E-state index contributed by atoms with van der Waals surface area (Å²) in [4.78, 5) is 11.8. The van der Waals surface area contributed by atoms with E-state index in [-0.39, 0.29) is 18.5 Å². The van der Waals surface area contributed by atoms with Crippen molar-refractivity contribution in [1.82, 2.24) is 25.5 Å². The molecule has 106 valence electrons. The summed E-state index contributed by atoms with van der Waals surface area (Å²) in [7, 11) is 1.61. The summed E-state index contributed by atoms with van der Waals surface area (Å²) in [6.45, 7) is 2.00. The Morgan fingerprint density at radius 2 is 2.35 bits per heavy atom. The van der Waals surface area contributed by atoms with Crippen LogP contribution in [-0.4, -0.2) is 33.2 Å². The van der Waals surface area contributed by atoms with Gasteiger partial charge in [0.15, 0.2) is 0 Å². The Bertz CT molecular complexity index is 588. The van der Waals surface area contributed by atoms with Crippen molar-refractivity contribution in [1.29, 1.82) is 0 Å². The zero-order valence-corrected chi connectivity index (χ0v) is 12.7. The molecule has 0 radical (unpaired) electrons. The molecule has 0 fully saturated rings. The fourth-order valence-electron chi connectivity index (χ4n) is 1.72. The number of methoxy groups -OCH3 is 1. The maximum Gasteiger partial charge on any atom is 0.242 e. The van der Waals surface area contributed by atoms with Gasteiger partial charge in [0.05, 0.1) is 17.6 Å². The number of nitrogens with one attached hydrogen (secondary N) is 1. The van der Waals surface area contributed by atoms with E-state index < -0.39 is 0 Å². The molecule has 0 spiro atoms. The normalized spacial score (nSPS) is 11.9. The number of ether oxygens (including phenoxy) is 1. The lowest BCUT2D eigenvalue weighted by molar-refractivity contribution is -0.122. The molecule has 0 saturated heterocycles. The average Bonchev–Trinajstić information content (AvgIpc) is 2.91. The number of benzene rings is 1. The quantitative estimate of drug-likeness (QED) is 0.888. The lowest BCUT2D eigenvalue weighted by Crippen LogP contribution is -2.30. The van der Waals surface area contributed by atoms with Crippen LogP contribution in [0.3, 0.4) is 0 Å². The SMILES string of the molecule is COc1ccc([C@@H](C)NC(=O)Cn2cnnn2)cc1Br. The van der Waals surface area contributed by atoms with Crippen molar-refractivity contribution < 1.29 is 9.53 Å². The number of hydrogen-bond donors (Lipinski definition) is 1. The van der Waals surface area contributed by atoms with Gasteiger partial charge in [-0.3, -0.25) is 4.79 Å². The van der Waals surface area contributed by atoms with Gasteiger partial charge in [0.2, 0.25) is 5.91 Å². The van der Waals surface area contributed by atoms with Gasteiger partial charge < -0.3 is 10.1 Å². The Balaban J connectivity index is 1.99. The topological polar surface area (TPSA) is 81.9 Å². The molecular formula is C12H14BrN5O2. The van der Waals surface area contributed by atoms with Crippen LogP contribution in [0.2, 0.25) is 0 Å². The Labute approximate surface area is 124 Å². The molecular weight excluding hydrogens is 326 g/mol. The molecule has 0 saturated carbocycles. The molecule has 8 heteroatoms. The average molecular weight is 340 g/mol. The van der Waals surface area contributed by atoms with Crippen LogP contribution in [0.15, 0.2) is 29.0 Å². The van der Waals surface area contributed by atoms with Gasteiger partial charge in [-0.15, -0.1) is 5.10 Å². The first-order valence-electron chi connectivity index (χ1n) is 5.93. The number of aromatic nitrogens is 4. The summed E-state index contributed by atoms with van der Waals surface area (Å²) >= 11 is 3.42. The van der Waals surface area contributed by atoms with Crippen LogP contribution in [0, 0.1) is 0 Å². The van der Waals surface area contributed by atoms with Crippen LogP contribution < -0.4 is 10.1 Å². The molecule has 1 aromatic carbocycles. The number of amides is 1. The van der Waals surface area contributed by atoms with Gasteiger partial charge in [-0.2, -0.15) is 0 Å². The molecule has 1 heterocycles. The van der Waals surface area contributed by atoms with E-state index >= 15 is 0 Å². The lowest BCUT2D eigenvalue weighted by Gasteiger charge is -2.15. The predicted octanol–water partition coefficient (Wildman–Crippen LogP) is 1.32. The fraction of sp³-hybridized carbons (Fsp3) is 0.333. The summed E-state index contributed by atoms with van der Waals surface area (Å²) in [6.07, 6.45) is 1.40. The maximum absolute atomic E-state index is 11.8. The molecule has 0 bridgehead atoms. The second-order valence-corrected chi connectivity index (χ2v) is 5.04. The number of nitrogens with zero attached hydrogens (tertiary/aromatic N) is 4. The number of hydrogen-bond acceptors (Lipinski definition) is 5. The van der Waals surface area contributed by atoms with Crippen molar-refractivity contribution in [3.63, 3.8) is 0 Å². The van der Waals surface area contributed by atoms with Crippen LogP contribution in [0.4, 0.5) is 0 Å². The van der Waals surface area contributed by atoms with Crippen molar-refractivity contribution in [2.24, 2.45) is 0 Å². The molecule has 1 amide bonds. The van der Waals surface area contributed by atoms with Crippen LogP contribution in [0.5, 0.6) is 5.75 Å². The maximum atomic E-state index is 11.8. The van der Waals surface area contributed by atoms with Crippen LogP contribution in [0.1, 0.15) is 18.5 Å². The Hall–Kier alpha value is -1.96. The standard InChI is InChI=1S/C12H14BrN5O2/c1-8(9-3-4-11(20-2)10(13)5-9)15-12(19)6-18-7-14-16-17-18/h3-5,7-8H,6H2,1-2H3,(H,15,19)/t8-/m1/s1. The number of carbonyl (C=O) groups excluding carboxylic acids is 1. The Kier molecular flexibility index (Phi) is 4.67. The van der Waals surface area contributed by atoms with Gasteiger partial charge in [0, 0.05) is 0 Å². The Morgan fingerprint density at radius 1 is 1.55 bits per heavy atom.